The van der Waals surface area contributed by atoms with Crippen LogP contribution in [0.15, 0.2) is 29.3 Å². The molecule has 3 aliphatic carbocycles. The molecule has 8 nitrogen and oxygen atoms in total. The molecule has 0 aromatic carbocycles. The van der Waals surface area contributed by atoms with Crippen LogP contribution < -0.4 is 15.8 Å². The monoisotopic (exact) mass is 422 g/mol. The van der Waals surface area contributed by atoms with Crippen molar-refractivity contribution in [1.82, 2.24) is 25.2 Å². The van der Waals surface area contributed by atoms with Crippen molar-refractivity contribution in [2.75, 3.05) is 38.1 Å². The Bertz CT molecular complexity index is 1020. The van der Waals surface area contributed by atoms with Crippen molar-refractivity contribution < 1.29 is 4.79 Å². The van der Waals surface area contributed by atoms with Gasteiger partial charge in [0.1, 0.15) is 11.5 Å². The Kier molecular flexibility index (Phi) is 5.04. The van der Waals surface area contributed by atoms with Crippen LogP contribution >= 0.6 is 0 Å². The molecule has 6 rings (SSSR count). The molecule has 31 heavy (non-hydrogen) atoms. The largest absolute Gasteiger partial charge is 0.368 e. The molecule has 2 aromatic rings. The van der Waals surface area contributed by atoms with Crippen molar-refractivity contribution in [3.05, 3.63) is 52.0 Å². The van der Waals surface area contributed by atoms with Gasteiger partial charge >= 0.3 is 0 Å². The lowest BCUT2D eigenvalue weighted by Gasteiger charge is -2.51. The lowest BCUT2D eigenvalue weighted by molar-refractivity contribution is 0.0216. The molecule has 1 unspecified atom stereocenters. The van der Waals surface area contributed by atoms with Crippen LogP contribution in [0.4, 0.5) is 5.69 Å². The first kappa shape index (κ1) is 20.2. The van der Waals surface area contributed by atoms with E-state index in [2.05, 4.69) is 30.1 Å². The van der Waals surface area contributed by atoms with Crippen molar-refractivity contribution in [2.45, 2.75) is 44.1 Å². The second-order valence-corrected chi connectivity index (χ2v) is 9.13. The zero-order chi connectivity index (χ0) is 21.6. The smallest absolute Gasteiger partial charge is 0.269 e. The van der Waals surface area contributed by atoms with Gasteiger partial charge in [-0.1, -0.05) is 6.92 Å². The van der Waals surface area contributed by atoms with E-state index >= 15 is 0 Å². The fraction of sp³-hybridized carbons (Fsp3) is 0.565. The van der Waals surface area contributed by atoms with Gasteiger partial charge in [0.2, 0.25) is 0 Å². The number of rotatable bonds is 5. The Balaban J connectivity index is 1.21. The number of nitrogens with zero attached hydrogens (tertiary/aromatic N) is 4. The second kappa shape index (κ2) is 7.75. The predicted octanol–water partition coefficient (Wildman–Crippen LogP) is 1.55. The molecule has 2 aromatic heterocycles. The highest BCUT2D eigenvalue weighted by molar-refractivity contribution is 5.92. The van der Waals surface area contributed by atoms with Gasteiger partial charge in [-0.3, -0.25) is 14.5 Å². The summed E-state index contributed by atoms with van der Waals surface area (Å²) in [6.45, 7) is 5.95. The van der Waals surface area contributed by atoms with Gasteiger partial charge in [-0.05, 0) is 43.7 Å². The number of fused-ring (bicyclic) bond motifs is 1. The highest BCUT2D eigenvalue weighted by Gasteiger charge is 2.59. The third-order valence-electron chi connectivity index (χ3n) is 7.60. The first-order valence-electron chi connectivity index (χ1n) is 11.3. The lowest BCUT2D eigenvalue weighted by atomic mass is 9.74. The van der Waals surface area contributed by atoms with Gasteiger partial charge < -0.3 is 15.2 Å². The van der Waals surface area contributed by atoms with E-state index in [0.29, 0.717) is 17.5 Å². The summed E-state index contributed by atoms with van der Waals surface area (Å²) in [7, 11) is 1.61. The van der Waals surface area contributed by atoms with Gasteiger partial charge in [-0.25, -0.2) is 9.97 Å². The summed E-state index contributed by atoms with van der Waals surface area (Å²) in [5, 5.41) is 2.60. The average molecular weight is 423 g/mol. The quantitative estimate of drug-likeness (QED) is 0.759. The number of pyridine rings is 1. The zero-order valence-electron chi connectivity index (χ0n) is 18.2. The summed E-state index contributed by atoms with van der Waals surface area (Å²) in [6.07, 6.45) is 7.78. The van der Waals surface area contributed by atoms with E-state index in [-0.39, 0.29) is 17.0 Å². The number of carbonyl (C=O) groups excluding carboxylic acids is 1. The van der Waals surface area contributed by atoms with Crippen molar-refractivity contribution >= 4 is 11.6 Å². The Morgan fingerprint density at radius 1 is 1.16 bits per heavy atom. The minimum absolute atomic E-state index is 0.0234. The summed E-state index contributed by atoms with van der Waals surface area (Å²) < 4.78 is 0. The number of hydrogen-bond donors (Lipinski definition) is 2. The number of carbonyl (C=O) groups is 1. The van der Waals surface area contributed by atoms with E-state index in [4.69, 9.17) is 0 Å². The third-order valence-corrected chi connectivity index (χ3v) is 7.60. The van der Waals surface area contributed by atoms with E-state index < -0.39 is 0 Å². The normalized spacial score (nSPS) is 27.7. The first-order chi connectivity index (χ1) is 15.0. The van der Waals surface area contributed by atoms with Crippen molar-refractivity contribution in [3.8, 4) is 0 Å². The summed E-state index contributed by atoms with van der Waals surface area (Å²) in [4.78, 5) is 40.9. The lowest BCUT2D eigenvalue weighted by Crippen LogP contribution is -2.59. The molecule has 1 saturated heterocycles. The minimum atomic E-state index is -0.161. The van der Waals surface area contributed by atoms with Gasteiger partial charge in [0.05, 0.1) is 11.9 Å². The number of aromatic amines is 1. The summed E-state index contributed by atoms with van der Waals surface area (Å²) >= 11 is 0. The number of nitrogens with one attached hydrogen (secondary N) is 2. The van der Waals surface area contributed by atoms with Gasteiger partial charge in [0, 0.05) is 56.4 Å². The summed E-state index contributed by atoms with van der Waals surface area (Å²) in [5.74, 6) is 1.73. The van der Waals surface area contributed by atoms with Crippen LogP contribution in [0.5, 0.6) is 0 Å². The molecule has 4 fully saturated rings. The van der Waals surface area contributed by atoms with Crippen LogP contribution in [0.1, 0.15) is 54.0 Å². The van der Waals surface area contributed by atoms with E-state index in [0.717, 1.165) is 56.1 Å². The maximum atomic E-state index is 12.2. The molecule has 3 saturated carbocycles. The number of amides is 1. The van der Waals surface area contributed by atoms with E-state index in [1.54, 1.807) is 25.5 Å². The average Bonchev–Trinajstić information content (AvgIpc) is 3.36. The Morgan fingerprint density at radius 2 is 1.94 bits per heavy atom. The molecule has 2 N–H and O–H groups in total. The van der Waals surface area contributed by atoms with Crippen molar-refractivity contribution in [1.29, 1.82) is 0 Å². The number of aromatic nitrogens is 3. The molecule has 1 aliphatic heterocycles. The van der Waals surface area contributed by atoms with E-state index in [1.807, 2.05) is 13.0 Å². The molecule has 1 atom stereocenters. The molecular weight excluding hydrogens is 392 g/mol. The van der Waals surface area contributed by atoms with E-state index in [9.17, 15) is 9.59 Å². The van der Waals surface area contributed by atoms with Crippen LogP contribution in [0.3, 0.4) is 0 Å². The van der Waals surface area contributed by atoms with Crippen LogP contribution in [-0.2, 0) is 6.42 Å². The number of aryl methyl sites for hydroxylation is 1. The van der Waals surface area contributed by atoms with Gasteiger partial charge in [-0.15, -0.1) is 0 Å². The number of piperazine rings is 1. The third kappa shape index (κ3) is 3.43. The molecule has 4 aliphatic rings. The summed E-state index contributed by atoms with van der Waals surface area (Å²) in [5.41, 5.74) is 2.57. The van der Waals surface area contributed by atoms with Crippen LogP contribution in [0.2, 0.25) is 0 Å². The highest BCUT2D eigenvalue weighted by atomic mass is 16.1. The molecule has 164 valence electrons. The molecule has 2 bridgehead atoms. The second-order valence-electron chi connectivity index (χ2n) is 9.13. The van der Waals surface area contributed by atoms with Crippen LogP contribution in [-0.4, -0.2) is 64.5 Å². The molecule has 1 amide bonds. The Hall–Kier alpha value is -2.74. The highest BCUT2D eigenvalue weighted by Crippen LogP contribution is 2.61. The van der Waals surface area contributed by atoms with Crippen molar-refractivity contribution in [3.63, 3.8) is 0 Å². The Labute approximate surface area is 182 Å². The van der Waals surface area contributed by atoms with E-state index in [1.165, 1.54) is 12.8 Å². The number of hydrogen-bond acceptors (Lipinski definition) is 6. The number of H-pyrrole nitrogens is 1. The maximum absolute atomic E-state index is 12.2. The van der Waals surface area contributed by atoms with Crippen molar-refractivity contribution in [2.24, 2.45) is 5.92 Å². The topological polar surface area (TPSA) is 94.2 Å². The van der Waals surface area contributed by atoms with Gasteiger partial charge in [0.15, 0.2) is 0 Å². The fourth-order valence-corrected chi connectivity index (χ4v) is 5.80. The predicted molar refractivity (Wildman–Crippen MR) is 118 cm³/mol. The standard InChI is InChI=1S/C23H30N6O2/c1-3-15-13-26-20(27-21(15)30)18-12-23(10-16(18)11-23)29-8-6-28(7-9-29)17-4-5-19(25-14-17)22(31)24-2/h4-5,13-14,16,18H,3,6-12H2,1-2H3,(H,24,31)(H,26,27,30). The fourth-order valence-electron chi connectivity index (χ4n) is 5.80. The summed E-state index contributed by atoms with van der Waals surface area (Å²) in [6, 6.07) is 3.77. The molecule has 0 radical (unpaired) electrons. The number of anilines is 1. The molecule has 8 heteroatoms. The zero-order valence-corrected chi connectivity index (χ0v) is 18.2. The molecule has 0 spiro atoms. The van der Waals surface area contributed by atoms with Crippen LogP contribution in [0.25, 0.3) is 0 Å². The van der Waals surface area contributed by atoms with Gasteiger partial charge in [0.25, 0.3) is 11.5 Å². The molecular formula is C23H30N6O2. The Morgan fingerprint density at radius 3 is 2.55 bits per heavy atom. The molecule has 3 heterocycles. The van der Waals surface area contributed by atoms with Crippen LogP contribution in [0, 0.1) is 5.92 Å². The minimum Gasteiger partial charge on any atom is -0.368 e. The van der Waals surface area contributed by atoms with Gasteiger partial charge in [-0.2, -0.15) is 0 Å². The maximum Gasteiger partial charge on any atom is 0.269 e. The first-order valence-corrected chi connectivity index (χ1v) is 11.3. The SMILES string of the molecule is CCc1cnc(C2CC3(N4CCN(c5ccc(C(=O)NC)nc5)CC4)CC2C3)[nH]c1=O.